The summed E-state index contributed by atoms with van der Waals surface area (Å²) < 4.78 is 21.5. The van der Waals surface area contributed by atoms with Gasteiger partial charge in [0.1, 0.15) is 0 Å². The zero-order valence-electron chi connectivity index (χ0n) is 12.2. The van der Waals surface area contributed by atoms with Crippen molar-refractivity contribution in [2.24, 2.45) is 0 Å². The fraction of sp³-hybridized carbons (Fsp3) is 0.923. The molecule has 0 spiro atoms. The summed E-state index contributed by atoms with van der Waals surface area (Å²) in [5.74, 6) is -0.270. The van der Waals surface area contributed by atoms with Gasteiger partial charge in [-0.25, -0.2) is 8.42 Å². The van der Waals surface area contributed by atoms with Crippen molar-refractivity contribution in [3.63, 3.8) is 0 Å². The average Bonchev–Trinajstić information content (AvgIpc) is 2.33. The van der Waals surface area contributed by atoms with Crippen molar-refractivity contribution >= 4 is 15.9 Å². The van der Waals surface area contributed by atoms with Crippen LogP contribution in [0.1, 0.15) is 71.1 Å². The summed E-state index contributed by atoms with van der Waals surface area (Å²) in [5.41, 5.74) is 2.17. The van der Waals surface area contributed by atoms with Crippen LogP contribution in [-0.4, -0.2) is 20.6 Å². The molecular formula is C13H28N2O3S. The molecule has 0 saturated heterocycles. The van der Waals surface area contributed by atoms with Gasteiger partial charge in [0.05, 0.1) is 6.26 Å². The lowest BCUT2D eigenvalue weighted by Gasteiger charge is -2.05. The van der Waals surface area contributed by atoms with E-state index in [1.807, 2.05) is 4.83 Å². The Balaban J connectivity index is 3.28. The number of carbonyl (C=O) groups is 1. The van der Waals surface area contributed by atoms with Crippen LogP contribution in [-0.2, 0) is 14.8 Å². The normalized spacial score (nSPS) is 11.5. The number of rotatable bonds is 12. The molecule has 114 valence electrons. The molecule has 0 saturated carbocycles. The lowest BCUT2D eigenvalue weighted by Crippen LogP contribution is -2.40. The van der Waals surface area contributed by atoms with E-state index in [1.165, 1.54) is 38.5 Å². The van der Waals surface area contributed by atoms with Crippen LogP contribution < -0.4 is 10.3 Å². The Morgan fingerprint density at radius 1 is 0.895 bits per heavy atom. The Kier molecular flexibility index (Phi) is 10.9. The van der Waals surface area contributed by atoms with E-state index in [0.717, 1.165) is 25.5 Å². The molecule has 5 nitrogen and oxygen atoms in total. The van der Waals surface area contributed by atoms with Crippen LogP contribution in [0.25, 0.3) is 0 Å². The fourth-order valence-corrected chi connectivity index (χ4v) is 2.11. The first-order chi connectivity index (χ1) is 8.95. The zero-order chi connectivity index (χ0) is 14.6. The topological polar surface area (TPSA) is 75.3 Å². The van der Waals surface area contributed by atoms with Gasteiger partial charge in [0.2, 0.25) is 15.9 Å². The Labute approximate surface area is 117 Å². The van der Waals surface area contributed by atoms with Gasteiger partial charge in [0, 0.05) is 6.42 Å². The van der Waals surface area contributed by atoms with Gasteiger partial charge in [-0.1, -0.05) is 58.3 Å². The van der Waals surface area contributed by atoms with Gasteiger partial charge in [0.15, 0.2) is 0 Å². The molecule has 0 atom stereocenters. The van der Waals surface area contributed by atoms with E-state index in [-0.39, 0.29) is 5.91 Å². The number of unbranched alkanes of at least 4 members (excludes halogenated alkanes) is 8. The second-order valence-electron chi connectivity index (χ2n) is 5.00. The van der Waals surface area contributed by atoms with E-state index in [2.05, 4.69) is 12.3 Å². The summed E-state index contributed by atoms with van der Waals surface area (Å²) in [6, 6.07) is 0. The van der Waals surface area contributed by atoms with Crippen molar-refractivity contribution in [2.75, 3.05) is 6.26 Å². The van der Waals surface area contributed by atoms with Crippen molar-refractivity contribution in [3.8, 4) is 0 Å². The zero-order valence-corrected chi connectivity index (χ0v) is 13.0. The Hall–Kier alpha value is -0.620. The number of nitrogens with one attached hydrogen (secondary N) is 2. The molecule has 0 fully saturated rings. The molecule has 0 aromatic heterocycles. The first-order valence-corrected chi connectivity index (χ1v) is 9.10. The number of hydrazine groups is 1. The molecule has 0 aromatic carbocycles. The molecule has 0 aliphatic heterocycles. The highest BCUT2D eigenvalue weighted by Gasteiger charge is 2.04. The molecular weight excluding hydrogens is 264 g/mol. The Morgan fingerprint density at radius 3 is 1.84 bits per heavy atom. The van der Waals surface area contributed by atoms with Gasteiger partial charge in [0.25, 0.3) is 0 Å². The summed E-state index contributed by atoms with van der Waals surface area (Å²) in [6.45, 7) is 2.21. The summed E-state index contributed by atoms with van der Waals surface area (Å²) in [4.78, 5) is 13.2. The van der Waals surface area contributed by atoms with E-state index in [1.54, 1.807) is 0 Å². The van der Waals surface area contributed by atoms with Crippen molar-refractivity contribution in [1.29, 1.82) is 0 Å². The summed E-state index contributed by atoms with van der Waals surface area (Å²) in [7, 11) is -3.35. The fourth-order valence-electron chi connectivity index (χ4n) is 1.81. The molecule has 6 heteroatoms. The number of hydrogen-bond donors (Lipinski definition) is 2. The van der Waals surface area contributed by atoms with E-state index in [9.17, 15) is 13.2 Å². The lowest BCUT2D eigenvalue weighted by atomic mass is 10.1. The second-order valence-corrected chi connectivity index (χ2v) is 6.75. The predicted octanol–water partition coefficient (Wildman–Crippen LogP) is 2.49. The minimum atomic E-state index is -3.35. The molecule has 0 radical (unpaired) electrons. The van der Waals surface area contributed by atoms with E-state index >= 15 is 0 Å². The van der Waals surface area contributed by atoms with Gasteiger partial charge in [-0.05, 0) is 6.42 Å². The van der Waals surface area contributed by atoms with E-state index in [4.69, 9.17) is 0 Å². The molecule has 0 aromatic rings. The van der Waals surface area contributed by atoms with Crippen LogP contribution >= 0.6 is 0 Å². The van der Waals surface area contributed by atoms with Gasteiger partial charge in [-0.3, -0.25) is 10.2 Å². The molecule has 0 aliphatic rings. The first-order valence-electron chi connectivity index (χ1n) is 7.21. The molecule has 19 heavy (non-hydrogen) atoms. The largest absolute Gasteiger partial charge is 0.278 e. The van der Waals surface area contributed by atoms with Crippen molar-refractivity contribution in [3.05, 3.63) is 0 Å². The minimum absolute atomic E-state index is 0.270. The van der Waals surface area contributed by atoms with E-state index in [0.29, 0.717) is 6.42 Å². The SMILES string of the molecule is CCCCCCCCCCCC(=O)NNS(C)(=O)=O. The summed E-state index contributed by atoms with van der Waals surface area (Å²) >= 11 is 0. The average molecular weight is 292 g/mol. The van der Waals surface area contributed by atoms with Gasteiger partial charge in [-0.15, -0.1) is 4.83 Å². The van der Waals surface area contributed by atoms with Crippen LogP contribution in [0.4, 0.5) is 0 Å². The van der Waals surface area contributed by atoms with Crippen LogP contribution in [0.15, 0.2) is 0 Å². The third kappa shape index (κ3) is 15.3. The van der Waals surface area contributed by atoms with Gasteiger partial charge >= 0.3 is 0 Å². The lowest BCUT2D eigenvalue weighted by molar-refractivity contribution is -0.121. The highest BCUT2D eigenvalue weighted by Crippen LogP contribution is 2.10. The maximum absolute atomic E-state index is 11.3. The molecule has 0 rings (SSSR count). The third-order valence-electron chi connectivity index (χ3n) is 2.88. The van der Waals surface area contributed by atoms with Gasteiger partial charge < -0.3 is 0 Å². The maximum Gasteiger partial charge on any atom is 0.234 e. The standard InChI is InChI=1S/C13H28N2O3S/c1-3-4-5-6-7-8-9-10-11-12-13(16)14-15-19(2,17)18/h15H,3-12H2,1-2H3,(H,14,16). The molecule has 2 N–H and O–H groups in total. The molecule has 0 aliphatic carbocycles. The smallest absolute Gasteiger partial charge is 0.234 e. The van der Waals surface area contributed by atoms with Crippen molar-refractivity contribution in [2.45, 2.75) is 71.1 Å². The minimum Gasteiger partial charge on any atom is -0.278 e. The summed E-state index contributed by atoms with van der Waals surface area (Å²) in [6.07, 6.45) is 12.1. The number of carbonyl (C=O) groups excluding carboxylic acids is 1. The summed E-state index contributed by atoms with van der Waals surface area (Å²) in [5, 5.41) is 0. The molecule has 0 heterocycles. The number of amides is 1. The first kappa shape index (κ1) is 18.4. The monoisotopic (exact) mass is 292 g/mol. The number of hydrogen-bond acceptors (Lipinski definition) is 3. The molecule has 0 bridgehead atoms. The second kappa shape index (κ2) is 11.2. The third-order valence-corrected chi connectivity index (χ3v) is 3.36. The van der Waals surface area contributed by atoms with Crippen LogP contribution in [0.5, 0.6) is 0 Å². The Morgan fingerprint density at radius 2 is 1.37 bits per heavy atom. The highest BCUT2D eigenvalue weighted by molar-refractivity contribution is 7.88. The van der Waals surface area contributed by atoms with Crippen molar-refractivity contribution < 1.29 is 13.2 Å². The predicted molar refractivity (Wildman–Crippen MR) is 78.0 cm³/mol. The highest BCUT2D eigenvalue weighted by atomic mass is 32.2. The maximum atomic E-state index is 11.3. The van der Waals surface area contributed by atoms with Crippen LogP contribution in [0, 0.1) is 0 Å². The molecule has 1 amide bonds. The number of sulfonamides is 1. The van der Waals surface area contributed by atoms with Crippen molar-refractivity contribution in [1.82, 2.24) is 10.3 Å². The van der Waals surface area contributed by atoms with Crippen LogP contribution in [0.3, 0.4) is 0 Å². The van der Waals surface area contributed by atoms with Crippen LogP contribution in [0.2, 0.25) is 0 Å². The van der Waals surface area contributed by atoms with Gasteiger partial charge in [-0.2, -0.15) is 0 Å². The molecule has 0 unspecified atom stereocenters. The Bertz CT molecular complexity index is 329. The van der Waals surface area contributed by atoms with E-state index < -0.39 is 10.0 Å². The quantitative estimate of drug-likeness (QED) is 0.428.